The molecule has 3 aliphatic carbocycles. The molecule has 5 aliphatic rings. The fraction of sp³-hybridized carbons (Fsp3) is 0.472. The van der Waals surface area contributed by atoms with Gasteiger partial charge in [0.1, 0.15) is 6.04 Å². The SMILES string of the molecule is O=C1CCC(N2C(=O)c3ccc(NC[C@H]4C[C@H](n5cc(-c6cc7c(cn6)cnn7C6CCC(O)CC6)c(C6CC6)n5)C4)cc3C2=O)C(=O)N1. The summed E-state index contributed by atoms with van der Waals surface area (Å²) in [7, 11) is 0. The number of aliphatic hydroxyl groups excluding tert-OH is 1. The monoisotopic (exact) mass is 662 g/mol. The first-order chi connectivity index (χ1) is 23.8. The van der Waals surface area contributed by atoms with Gasteiger partial charge >= 0.3 is 0 Å². The summed E-state index contributed by atoms with van der Waals surface area (Å²) in [6.45, 7) is 0.721. The minimum absolute atomic E-state index is 0.0905. The molecule has 3 saturated carbocycles. The van der Waals surface area contributed by atoms with Crippen molar-refractivity contribution in [1.82, 2.24) is 34.8 Å². The second kappa shape index (κ2) is 11.6. The van der Waals surface area contributed by atoms with Crippen molar-refractivity contribution < 1.29 is 24.3 Å². The standard InChI is InChI=1S/C36H38N8O5/c45-25-6-4-23(5-7-25)44-31-14-29(38-16-21(31)17-39-44)28-18-42(41-33(28)20-1-2-20)24-11-19(12-24)15-37-22-3-8-26-27(13-22)36(49)43(35(26)48)30-9-10-32(46)40-34(30)47/h3,8,13-14,16-20,23-25,30,37,45H,1-2,4-7,9-12,15H2,(H,40,46,47)/t19-,23?,24-,25?,30?. The molecule has 4 amide bonds. The van der Waals surface area contributed by atoms with E-state index in [-0.39, 0.29) is 36.1 Å². The molecule has 49 heavy (non-hydrogen) atoms. The van der Waals surface area contributed by atoms with Gasteiger partial charge in [-0.2, -0.15) is 10.2 Å². The number of nitrogens with zero attached hydrogens (tertiary/aromatic N) is 6. The number of nitrogens with one attached hydrogen (secondary N) is 2. The van der Waals surface area contributed by atoms with Gasteiger partial charge < -0.3 is 10.4 Å². The Balaban J connectivity index is 0.863. The Hall–Kier alpha value is -4.91. The van der Waals surface area contributed by atoms with Gasteiger partial charge in [0, 0.05) is 47.9 Å². The molecule has 3 N–H and O–H groups in total. The van der Waals surface area contributed by atoms with Crippen molar-refractivity contribution in [3.63, 3.8) is 0 Å². The Morgan fingerprint density at radius 2 is 1.67 bits per heavy atom. The largest absolute Gasteiger partial charge is 0.393 e. The van der Waals surface area contributed by atoms with E-state index in [2.05, 4.69) is 32.3 Å². The summed E-state index contributed by atoms with van der Waals surface area (Å²) in [5, 5.41) is 26.5. The van der Waals surface area contributed by atoms with Crippen LogP contribution in [0.4, 0.5) is 5.69 Å². The third-order valence-corrected chi connectivity index (χ3v) is 11.1. The zero-order chi connectivity index (χ0) is 33.4. The van der Waals surface area contributed by atoms with Crippen LogP contribution < -0.4 is 10.6 Å². The zero-order valence-electron chi connectivity index (χ0n) is 27.0. The Morgan fingerprint density at radius 3 is 2.45 bits per heavy atom. The average molecular weight is 663 g/mol. The van der Waals surface area contributed by atoms with E-state index in [1.165, 1.54) is 0 Å². The van der Waals surface area contributed by atoms with Gasteiger partial charge in [-0.15, -0.1) is 0 Å². The van der Waals surface area contributed by atoms with Crippen molar-refractivity contribution >= 4 is 40.2 Å². The molecule has 1 unspecified atom stereocenters. The number of rotatable bonds is 8. The highest BCUT2D eigenvalue weighted by atomic mass is 16.3. The topological polar surface area (TPSA) is 164 Å². The predicted molar refractivity (Wildman–Crippen MR) is 178 cm³/mol. The summed E-state index contributed by atoms with van der Waals surface area (Å²) in [5.74, 6) is -1.12. The lowest BCUT2D eigenvalue weighted by Gasteiger charge is -2.35. The number of fused-ring (bicyclic) bond motifs is 2. The normalized spacial score (nSPS) is 27.0. The van der Waals surface area contributed by atoms with Gasteiger partial charge in [0.15, 0.2) is 0 Å². The van der Waals surface area contributed by atoms with Gasteiger partial charge in [0.2, 0.25) is 11.8 Å². The molecule has 1 atom stereocenters. The van der Waals surface area contributed by atoms with Crippen molar-refractivity contribution in [2.45, 2.75) is 94.4 Å². The van der Waals surface area contributed by atoms with Crippen LogP contribution in [-0.4, -0.2) is 76.9 Å². The van der Waals surface area contributed by atoms with Gasteiger partial charge in [-0.1, -0.05) is 0 Å². The minimum atomic E-state index is -0.976. The maximum absolute atomic E-state index is 13.2. The van der Waals surface area contributed by atoms with E-state index in [9.17, 15) is 24.3 Å². The van der Waals surface area contributed by atoms with E-state index in [0.717, 1.165) is 96.4 Å². The molecule has 4 fully saturated rings. The Bertz CT molecular complexity index is 2020. The second-order valence-electron chi connectivity index (χ2n) is 14.4. The van der Waals surface area contributed by atoms with Crippen molar-refractivity contribution in [1.29, 1.82) is 0 Å². The number of pyridine rings is 1. The first kappa shape index (κ1) is 30.2. The van der Waals surface area contributed by atoms with E-state index in [1.807, 2.05) is 12.4 Å². The summed E-state index contributed by atoms with van der Waals surface area (Å²) >= 11 is 0. The number of hydrogen-bond acceptors (Lipinski definition) is 9. The van der Waals surface area contributed by atoms with Crippen molar-refractivity contribution in [3.8, 4) is 11.3 Å². The van der Waals surface area contributed by atoms with Crippen molar-refractivity contribution in [2.24, 2.45) is 5.92 Å². The van der Waals surface area contributed by atoms with Crippen LogP contribution >= 0.6 is 0 Å². The smallest absolute Gasteiger partial charge is 0.262 e. The Kier molecular flexibility index (Phi) is 7.15. The molecule has 0 bridgehead atoms. The zero-order valence-corrected chi connectivity index (χ0v) is 27.0. The molecule has 13 heteroatoms. The Labute approximate surface area is 282 Å². The third kappa shape index (κ3) is 5.31. The van der Waals surface area contributed by atoms with Gasteiger partial charge in [0.25, 0.3) is 11.8 Å². The molecule has 1 saturated heterocycles. The van der Waals surface area contributed by atoms with Crippen LogP contribution in [0.15, 0.2) is 42.9 Å². The number of aliphatic hydroxyl groups is 1. The minimum Gasteiger partial charge on any atom is -0.393 e. The summed E-state index contributed by atoms with van der Waals surface area (Å²) in [6.07, 6.45) is 13.7. The Morgan fingerprint density at radius 1 is 0.878 bits per heavy atom. The van der Waals surface area contributed by atoms with Crippen LogP contribution in [0.3, 0.4) is 0 Å². The third-order valence-electron chi connectivity index (χ3n) is 11.1. The van der Waals surface area contributed by atoms with E-state index in [4.69, 9.17) is 15.2 Å². The van der Waals surface area contributed by atoms with Crippen LogP contribution in [0.5, 0.6) is 0 Å². The molecule has 9 rings (SSSR count). The molecule has 5 heterocycles. The van der Waals surface area contributed by atoms with Crippen LogP contribution in [0.2, 0.25) is 0 Å². The number of aromatic nitrogens is 5. The first-order valence-corrected chi connectivity index (χ1v) is 17.5. The van der Waals surface area contributed by atoms with Crippen LogP contribution in [0, 0.1) is 5.92 Å². The highest BCUT2D eigenvalue weighted by Gasteiger charge is 2.45. The van der Waals surface area contributed by atoms with E-state index < -0.39 is 29.7 Å². The molecule has 4 aromatic rings. The molecule has 13 nitrogen and oxygen atoms in total. The molecule has 3 aromatic heterocycles. The molecular weight excluding hydrogens is 624 g/mol. The van der Waals surface area contributed by atoms with Gasteiger partial charge in [-0.3, -0.25) is 43.7 Å². The average Bonchev–Trinajstić information content (AvgIpc) is 3.61. The highest BCUT2D eigenvalue weighted by molar-refractivity contribution is 6.23. The number of carbonyl (C=O) groups is 4. The summed E-state index contributed by atoms with van der Waals surface area (Å²) < 4.78 is 4.26. The molecule has 0 radical (unpaired) electrons. The lowest BCUT2D eigenvalue weighted by molar-refractivity contribution is -0.136. The maximum atomic E-state index is 13.2. The summed E-state index contributed by atoms with van der Waals surface area (Å²) in [6, 6.07) is 6.88. The predicted octanol–water partition coefficient (Wildman–Crippen LogP) is 4.11. The summed E-state index contributed by atoms with van der Waals surface area (Å²) in [5.41, 5.74) is 5.53. The number of benzene rings is 1. The van der Waals surface area contributed by atoms with Crippen LogP contribution in [0.25, 0.3) is 22.2 Å². The number of piperidine rings is 1. The first-order valence-electron chi connectivity index (χ1n) is 17.5. The highest BCUT2D eigenvalue weighted by Crippen LogP contribution is 2.46. The fourth-order valence-electron chi connectivity index (χ4n) is 8.06. The lowest BCUT2D eigenvalue weighted by atomic mass is 9.80. The fourth-order valence-corrected chi connectivity index (χ4v) is 8.06. The molecular formula is C36H38N8O5. The molecule has 0 spiro atoms. The number of carbonyl (C=O) groups excluding carboxylic acids is 4. The molecule has 252 valence electrons. The second-order valence-corrected chi connectivity index (χ2v) is 14.4. The van der Waals surface area contributed by atoms with E-state index >= 15 is 0 Å². The number of imide groups is 2. The van der Waals surface area contributed by atoms with Gasteiger partial charge in [0.05, 0.1) is 52.4 Å². The van der Waals surface area contributed by atoms with Crippen molar-refractivity contribution in [3.05, 3.63) is 59.7 Å². The molecule has 1 aromatic carbocycles. The van der Waals surface area contributed by atoms with Crippen LogP contribution in [0.1, 0.15) is 109 Å². The maximum Gasteiger partial charge on any atom is 0.262 e. The van der Waals surface area contributed by atoms with Crippen LogP contribution in [-0.2, 0) is 9.59 Å². The van der Waals surface area contributed by atoms with Gasteiger partial charge in [-0.05, 0) is 88.0 Å². The quantitative estimate of drug-likeness (QED) is 0.236. The van der Waals surface area contributed by atoms with E-state index in [1.54, 1.807) is 18.2 Å². The number of hydrogen-bond donors (Lipinski definition) is 3. The van der Waals surface area contributed by atoms with Crippen molar-refractivity contribution in [2.75, 3.05) is 11.9 Å². The summed E-state index contributed by atoms with van der Waals surface area (Å²) in [4.78, 5) is 56.0. The number of amides is 4. The molecule has 2 aliphatic heterocycles. The lowest BCUT2D eigenvalue weighted by Crippen LogP contribution is -2.54. The van der Waals surface area contributed by atoms with E-state index in [0.29, 0.717) is 17.9 Å². The number of anilines is 1. The van der Waals surface area contributed by atoms with Gasteiger partial charge in [-0.25, -0.2) is 0 Å².